The van der Waals surface area contributed by atoms with Crippen molar-refractivity contribution in [3.8, 4) is 0 Å². The average molecular weight is 503 g/mol. The summed E-state index contributed by atoms with van der Waals surface area (Å²) in [7, 11) is -7.12. The van der Waals surface area contributed by atoms with Crippen molar-refractivity contribution in [1.82, 2.24) is 9.21 Å². The lowest BCUT2D eigenvalue weighted by atomic mass is 9.79. The van der Waals surface area contributed by atoms with Crippen molar-refractivity contribution < 1.29 is 36.3 Å². The van der Waals surface area contributed by atoms with Gasteiger partial charge in [0.05, 0.1) is 16.6 Å². The van der Waals surface area contributed by atoms with Crippen molar-refractivity contribution in [1.29, 1.82) is 0 Å². The summed E-state index contributed by atoms with van der Waals surface area (Å²) in [5.74, 6) is -2.87. The fraction of sp³-hybridized carbons (Fsp3) is 0.619. The van der Waals surface area contributed by atoms with Crippen LogP contribution >= 0.6 is 0 Å². The number of carboxylic acids is 1. The summed E-state index contributed by atoms with van der Waals surface area (Å²) in [6.45, 7) is 2.06. The fourth-order valence-electron chi connectivity index (χ4n) is 4.61. The fourth-order valence-corrected chi connectivity index (χ4v) is 6.72. The number of piperidine rings is 1. The Morgan fingerprint density at radius 3 is 2.45 bits per heavy atom. The second kappa shape index (κ2) is 9.98. The first-order valence-electron chi connectivity index (χ1n) is 10.8. The zero-order valence-electron chi connectivity index (χ0n) is 18.7. The van der Waals surface area contributed by atoms with E-state index in [4.69, 9.17) is 4.74 Å². The van der Waals surface area contributed by atoms with Gasteiger partial charge in [0.2, 0.25) is 10.0 Å². The van der Waals surface area contributed by atoms with Gasteiger partial charge in [-0.05, 0) is 43.2 Å². The third-order valence-electron chi connectivity index (χ3n) is 6.36. The van der Waals surface area contributed by atoms with Gasteiger partial charge in [0.1, 0.15) is 6.61 Å². The number of aliphatic carboxylic acids is 1. The highest BCUT2D eigenvalue weighted by molar-refractivity contribution is 7.90. The van der Waals surface area contributed by atoms with Gasteiger partial charge in [-0.25, -0.2) is 21.6 Å². The molecule has 33 heavy (non-hydrogen) atoms. The highest BCUT2D eigenvalue weighted by Gasteiger charge is 2.47. The molecule has 2 heterocycles. The molecule has 3 atom stereocenters. The average Bonchev–Trinajstić information content (AvgIpc) is 3.20. The normalized spacial score (nSPS) is 24.5. The Bertz CT molecular complexity index is 1100. The first-order valence-corrected chi connectivity index (χ1v) is 14.3. The molecule has 0 spiro atoms. The summed E-state index contributed by atoms with van der Waals surface area (Å²) >= 11 is 0. The van der Waals surface area contributed by atoms with Gasteiger partial charge in [0, 0.05) is 32.4 Å². The molecule has 1 aromatic carbocycles. The first kappa shape index (κ1) is 25.4. The first-order chi connectivity index (χ1) is 15.4. The second-order valence-corrected chi connectivity index (χ2v) is 13.0. The Morgan fingerprint density at radius 2 is 1.82 bits per heavy atom. The molecule has 12 heteroatoms. The number of likely N-dealkylation sites (tertiary alicyclic amines) is 1. The van der Waals surface area contributed by atoms with Crippen LogP contribution in [0, 0.1) is 24.7 Å². The molecule has 0 radical (unpaired) electrons. The molecule has 3 rings (SSSR count). The Hall–Kier alpha value is -2.18. The Kier molecular flexibility index (Phi) is 7.69. The van der Waals surface area contributed by atoms with Crippen molar-refractivity contribution in [2.24, 2.45) is 17.8 Å². The van der Waals surface area contributed by atoms with Crippen LogP contribution in [0.15, 0.2) is 29.2 Å². The largest absolute Gasteiger partial charge is 0.481 e. The van der Waals surface area contributed by atoms with Crippen LogP contribution in [0.5, 0.6) is 0 Å². The molecule has 1 amide bonds. The summed E-state index contributed by atoms with van der Waals surface area (Å²) in [5.41, 5.74) is 0.591. The molecule has 10 nitrogen and oxygen atoms in total. The summed E-state index contributed by atoms with van der Waals surface area (Å²) in [6, 6.07) is 6.59. The number of sulfonamides is 1. The molecule has 1 N–H and O–H groups in total. The molecule has 184 valence electrons. The van der Waals surface area contributed by atoms with E-state index < -0.39 is 43.8 Å². The van der Waals surface area contributed by atoms with Gasteiger partial charge in [-0.15, -0.1) is 0 Å². The lowest BCUT2D eigenvalue weighted by molar-refractivity contribution is -0.143. The van der Waals surface area contributed by atoms with Gasteiger partial charge in [0.15, 0.2) is 9.84 Å². The molecule has 1 aromatic rings. The van der Waals surface area contributed by atoms with Crippen molar-refractivity contribution in [2.45, 2.75) is 24.7 Å². The van der Waals surface area contributed by atoms with Crippen LogP contribution in [0.25, 0.3) is 0 Å². The predicted octanol–water partition coefficient (Wildman–Crippen LogP) is 1.21. The lowest BCUT2D eigenvalue weighted by Gasteiger charge is -2.36. The topological polar surface area (TPSA) is 138 Å². The van der Waals surface area contributed by atoms with Gasteiger partial charge in [0.25, 0.3) is 0 Å². The van der Waals surface area contributed by atoms with Gasteiger partial charge in [-0.2, -0.15) is 4.31 Å². The highest BCUT2D eigenvalue weighted by atomic mass is 32.2. The number of ether oxygens (including phenoxy) is 1. The molecule has 2 saturated heterocycles. The van der Waals surface area contributed by atoms with Crippen molar-refractivity contribution in [3.63, 3.8) is 0 Å². The zero-order valence-corrected chi connectivity index (χ0v) is 20.3. The Labute approximate surface area is 194 Å². The monoisotopic (exact) mass is 502 g/mol. The van der Waals surface area contributed by atoms with E-state index in [0.717, 1.165) is 6.26 Å². The number of amides is 1. The quantitative estimate of drug-likeness (QED) is 0.587. The molecule has 3 unspecified atom stereocenters. The summed E-state index contributed by atoms with van der Waals surface area (Å²) in [6.07, 6.45) is 1.71. The maximum Gasteiger partial charge on any atom is 0.409 e. The van der Waals surface area contributed by atoms with Crippen LogP contribution in [0.2, 0.25) is 0 Å². The number of aryl methyl sites for hydroxylation is 1. The lowest BCUT2D eigenvalue weighted by Crippen LogP contribution is -2.44. The summed E-state index contributed by atoms with van der Waals surface area (Å²) in [5, 5.41) is 9.81. The Balaban J connectivity index is 1.72. The van der Waals surface area contributed by atoms with Crippen LogP contribution in [0.3, 0.4) is 0 Å². The van der Waals surface area contributed by atoms with E-state index in [-0.39, 0.29) is 42.8 Å². The number of hydrogen-bond acceptors (Lipinski definition) is 7. The molecule has 0 aliphatic carbocycles. The van der Waals surface area contributed by atoms with E-state index in [1.165, 1.54) is 15.3 Å². The van der Waals surface area contributed by atoms with Gasteiger partial charge in [-0.3, -0.25) is 4.79 Å². The van der Waals surface area contributed by atoms with Gasteiger partial charge in [-0.1, -0.05) is 18.2 Å². The van der Waals surface area contributed by atoms with E-state index in [0.29, 0.717) is 24.9 Å². The number of rotatable bonds is 7. The molecular weight excluding hydrogens is 472 g/mol. The van der Waals surface area contributed by atoms with Crippen LogP contribution in [0.1, 0.15) is 18.4 Å². The van der Waals surface area contributed by atoms with Crippen LogP contribution in [0.4, 0.5) is 4.79 Å². The molecule has 0 bridgehead atoms. The zero-order chi connectivity index (χ0) is 24.4. The van der Waals surface area contributed by atoms with Crippen molar-refractivity contribution in [3.05, 3.63) is 29.8 Å². The smallest absolute Gasteiger partial charge is 0.409 e. The molecule has 2 fully saturated rings. The highest BCUT2D eigenvalue weighted by Crippen LogP contribution is 2.38. The maximum atomic E-state index is 13.2. The minimum atomic E-state index is -3.86. The minimum absolute atomic E-state index is 0.0647. The molecule has 0 saturated carbocycles. The summed E-state index contributed by atoms with van der Waals surface area (Å²) in [4.78, 5) is 26.0. The van der Waals surface area contributed by atoms with E-state index >= 15 is 0 Å². The molecular formula is C21H30N2O8S2. The van der Waals surface area contributed by atoms with E-state index in [1.54, 1.807) is 25.1 Å². The number of nitrogens with zero attached hydrogens (tertiary/aromatic N) is 2. The van der Waals surface area contributed by atoms with Gasteiger partial charge >= 0.3 is 12.1 Å². The SMILES string of the molecule is Cc1ccccc1S(=O)(=O)N1CC(C(=O)O)C(C2CCCN(C(=O)OCCS(C)(=O)=O)C2)C1. The molecule has 2 aliphatic rings. The summed E-state index contributed by atoms with van der Waals surface area (Å²) < 4.78 is 55.2. The van der Waals surface area contributed by atoms with Crippen LogP contribution in [-0.2, 0) is 29.4 Å². The third kappa shape index (κ3) is 6.04. The van der Waals surface area contributed by atoms with Crippen molar-refractivity contribution in [2.75, 3.05) is 44.8 Å². The van der Waals surface area contributed by atoms with E-state index in [2.05, 4.69) is 0 Å². The number of sulfone groups is 1. The van der Waals surface area contributed by atoms with Crippen LogP contribution in [-0.4, -0.2) is 88.0 Å². The van der Waals surface area contributed by atoms with Gasteiger partial charge < -0.3 is 14.7 Å². The number of carbonyl (C=O) groups is 2. The van der Waals surface area contributed by atoms with Crippen LogP contribution < -0.4 is 0 Å². The van der Waals surface area contributed by atoms with Crippen molar-refractivity contribution >= 4 is 31.9 Å². The Morgan fingerprint density at radius 1 is 1.12 bits per heavy atom. The number of carboxylic acid groups (broad SMARTS) is 1. The third-order valence-corrected chi connectivity index (χ3v) is 9.26. The number of benzene rings is 1. The standard InChI is InChI=1S/C21H30N2O8S2/c1-15-6-3-4-8-19(15)33(29,30)23-13-17(18(14-23)20(24)25)16-7-5-9-22(12-16)21(26)31-10-11-32(2,27)28/h3-4,6,8,16-18H,5,7,9-14H2,1-2H3,(H,24,25). The maximum absolute atomic E-state index is 13.2. The van der Waals surface area contributed by atoms with E-state index in [1.807, 2.05) is 0 Å². The number of hydrogen-bond donors (Lipinski definition) is 1. The number of carbonyl (C=O) groups excluding carboxylic acids is 1. The second-order valence-electron chi connectivity index (χ2n) is 8.79. The predicted molar refractivity (Wildman–Crippen MR) is 120 cm³/mol. The molecule has 0 aromatic heterocycles. The minimum Gasteiger partial charge on any atom is -0.481 e. The molecule has 2 aliphatic heterocycles. The van der Waals surface area contributed by atoms with E-state index in [9.17, 15) is 31.5 Å².